The number of nitrogens with zero attached hydrogens (tertiary/aromatic N) is 1. The third kappa shape index (κ3) is 4.26. The molecule has 12 heteroatoms. The molecule has 0 aliphatic carbocycles. The third-order valence-corrected chi connectivity index (χ3v) is 4.74. The number of aromatic carboxylic acids is 1. The quantitative estimate of drug-likeness (QED) is 0.435. The molecule has 114 valence electrons. The van der Waals surface area contributed by atoms with Crippen LogP contribution in [0.4, 0.5) is 0 Å². The first-order valence-electron chi connectivity index (χ1n) is 5.33. The van der Waals surface area contributed by atoms with E-state index in [-0.39, 0.29) is 24.4 Å². The molecule has 0 bridgehead atoms. The van der Waals surface area contributed by atoms with Crippen LogP contribution >= 0.6 is 0 Å². The number of carboxylic acid groups (broad SMARTS) is 1. The number of nitrogens with two attached hydrogens (primary N) is 1. The normalized spacial score (nSPS) is 12.5. The molecule has 0 spiro atoms. The summed E-state index contributed by atoms with van der Waals surface area (Å²) < 4.78 is 47.4. The number of aryl methyl sites for hydroxylation is 1. The van der Waals surface area contributed by atoms with Crippen molar-refractivity contribution >= 4 is 26.0 Å². The Bertz CT molecular complexity index is 705. The van der Waals surface area contributed by atoms with E-state index in [0.29, 0.717) is 0 Å². The Kier molecular flexibility index (Phi) is 4.86. The fourth-order valence-electron chi connectivity index (χ4n) is 1.44. The fraction of sp³-hybridized carbons (Fsp3) is 0.500. The zero-order valence-electron chi connectivity index (χ0n) is 10.5. The molecule has 0 fully saturated rings. The van der Waals surface area contributed by atoms with Crippen molar-refractivity contribution in [2.75, 3.05) is 12.3 Å². The Morgan fingerprint density at radius 3 is 2.50 bits per heavy atom. The number of nitrogens with one attached hydrogen (secondary N) is 2. The van der Waals surface area contributed by atoms with Crippen molar-refractivity contribution in [3.63, 3.8) is 0 Å². The summed E-state index contributed by atoms with van der Waals surface area (Å²) in [5.74, 6) is -1.87. The van der Waals surface area contributed by atoms with E-state index in [1.54, 1.807) is 0 Å². The highest BCUT2D eigenvalue weighted by atomic mass is 32.2. The van der Waals surface area contributed by atoms with Gasteiger partial charge < -0.3 is 5.11 Å². The van der Waals surface area contributed by atoms with Crippen molar-refractivity contribution in [2.24, 2.45) is 5.14 Å². The first-order valence-corrected chi connectivity index (χ1v) is 8.53. The van der Waals surface area contributed by atoms with Gasteiger partial charge in [-0.1, -0.05) is 0 Å². The van der Waals surface area contributed by atoms with Gasteiger partial charge in [0, 0.05) is 6.54 Å². The summed E-state index contributed by atoms with van der Waals surface area (Å²) in [5, 5.41) is 19.3. The van der Waals surface area contributed by atoms with Gasteiger partial charge in [-0.25, -0.2) is 31.5 Å². The van der Waals surface area contributed by atoms with E-state index in [0.717, 1.165) is 0 Å². The highest BCUT2D eigenvalue weighted by Gasteiger charge is 2.27. The second kappa shape index (κ2) is 5.87. The molecular formula is C8H14N4O6S2. The summed E-state index contributed by atoms with van der Waals surface area (Å²) in [6.07, 6.45) is -0.0304. The molecule has 0 radical (unpaired) electrons. The molecule has 0 aliphatic rings. The van der Waals surface area contributed by atoms with E-state index in [9.17, 15) is 21.6 Å². The van der Waals surface area contributed by atoms with Gasteiger partial charge in [-0.2, -0.15) is 5.10 Å². The number of aromatic amines is 1. The lowest BCUT2D eigenvalue weighted by Crippen LogP contribution is -2.28. The summed E-state index contributed by atoms with van der Waals surface area (Å²) >= 11 is 0. The van der Waals surface area contributed by atoms with E-state index in [2.05, 4.69) is 14.9 Å². The molecular weight excluding hydrogens is 312 g/mol. The third-order valence-electron chi connectivity index (χ3n) is 2.26. The van der Waals surface area contributed by atoms with E-state index in [4.69, 9.17) is 10.2 Å². The smallest absolute Gasteiger partial charge is 0.357 e. The zero-order chi connectivity index (χ0) is 15.6. The number of carboxylic acids is 1. The predicted octanol–water partition coefficient (Wildman–Crippen LogP) is -1.63. The molecule has 20 heavy (non-hydrogen) atoms. The lowest BCUT2D eigenvalue weighted by Gasteiger charge is -2.06. The lowest BCUT2D eigenvalue weighted by molar-refractivity contribution is 0.0686. The van der Waals surface area contributed by atoms with Crippen LogP contribution in [-0.2, 0) is 20.0 Å². The Balaban J connectivity index is 2.85. The van der Waals surface area contributed by atoms with Crippen LogP contribution in [0.15, 0.2) is 4.90 Å². The average Bonchev–Trinajstić information content (AvgIpc) is 2.66. The summed E-state index contributed by atoms with van der Waals surface area (Å²) in [5.41, 5.74) is -0.553. The van der Waals surface area contributed by atoms with Gasteiger partial charge in [0.25, 0.3) is 0 Å². The van der Waals surface area contributed by atoms with E-state index in [1.165, 1.54) is 6.92 Å². The summed E-state index contributed by atoms with van der Waals surface area (Å²) in [4.78, 5) is 10.4. The van der Waals surface area contributed by atoms with Gasteiger partial charge in [0.1, 0.15) is 4.90 Å². The number of hydrogen-bond acceptors (Lipinski definition) is 6. The summed E-state index contributed by atoms with van der Waals surface area (Å²) in [6, 6.07) is 0. The molecule has 0 atom stereocenters. The van der Waals surface area contributed by atoms with Gasteiger partial charge in [0.2, 0.25) is 20.0 Å². The molecule has 0 aliphatic heterocycles. The summed E-state index contributed by atoms with van der Waals surface area (Å²) in [6.45, 7) is 1.17. The molecule has 10 nitrogen and oxygen atoms in total. The van der Waals surface area contributed by atoms with Crippen molar-refractivity contribution in [1.29, 1.82) is 0 Å². The first-order chi connectivity index (χ1) is 9.04. The van der Waals surface area contributed by atoms with Crippen LogP contribution in [0.5, 0.6) is 0 Å². The van der Waals surface area contributed by atoms with Gasteiger partial charge in [-0.3, -0.25) is 5.10 Å². The van der Waals surface area contributed by atoms with Gasteiger partial charge in [0.15, 0.2) is 5.69 Å². The maximum absolute atomic E-state index is 11.9. The number of H-pyrrole nitrogens is 1. The van der Waals surface area contributed by atoms with Gasteiger partial charge in [-0.05, 0) is 13.3 Å². The van der Waals surface area contributed by atoms with Crippen molar-refractivity contribution in [2.45, 2.75) is 18.2 Å². The molecule has 0 unspecified atom stereocenters. The predicted molar refractivity (Wildman–Crippen MR) is 68.1 cm³/mol. The number of rotatable bonds is 7. The highest BCUT2D eigenvalue weighted by molar-refractivity contribution is 7.89. The van der Waals surface area contributed by atoms with E-state index >= 15 is 0 Å². The van der Waals surface area contributed by atoms with Crippen molar-refractivity contribution in [3.8, 4) is 0 Å². The number of carbonyl (C=O) groups is 1. The van der Waals surface area contributed by atoms with Crippen LogP contribution in [0.2, 0.25) is 0 Å². The molecule has 0 amide bonds. The number of sulfonamides is 2. The Morgan fingerprint density at radius 2 is 2.00 bits per heavy atom. The van der Waals surface area contributed by atoms with Gasteiger partial charge in [0.05, 0.1) is 11.4 Å². The molecule has 1 heterocycles. The topological polar surface area (TPSA) is 172 Å². The highest BCUT2D eigenvalue weighted by Crippen LogP contribution is 2.17. The van der Waals surface area contributed by atoms with Crippen LogP contribution in [0.3, 0.4) is 0 Å². The Hall–Kier alpha value is -1.50. The minimum atomic E-state index is -4.10. The zero-order valence-corrected chi connectivity index (χ0v) is 12.1. The second-order valence-corrected chi connectivity index (χ2v) is 7.39. The first kappa shape index (κ1) is 16.6. The van der Waals surface area contributed by atoms with Gasteiger partial charge in [-0.15, -0.1) is 0 Å². The van der Waals surface area contributed by atoms with Crippen LogP contribution in [0, 0.1) is 6.92 Å². The lowest BCUT2D eigenvalue weighted by atomic mass is 10.4. The molecule has 0 aromatic carbocycles. The standard InChI is InChI=1S/C8H14N4O6S2/c1-5-7(6(8(13)14)12-11-5)20(17,18)10-3-2-4-19(9,15)16/h10H,2-4H2,1H3,(H,11,12)(H,13,14)(H2,9,15,16). The van der Waals surface area contributed by atoms with Crippen molar-refractivity contribution < 1.29 is 26.7 Å². The molecule has 0 saturated heterocycles. The van der Waals surface area contributed by atoms with Crippen molar-refractivity contribution in [3.05, 3.63) is 11.4 Å². The number of aromatic nitrogens is 2. The maximum Gasteiger partial charge on any atom is 0.357 e. The minimum absolute atomic E-state index is 0.0304. The Morgan fingerprint density at radius 1 is 1.40 bits per heavy atom. The van der Waals surface area contributed by atoms with E-state index < -0.39 is 36.6 Å². The van der Waals surface area contributed by atoms with E-state index in [1.807, 2.05) is 0 Å². The maximum atomic E-state index is 11.9. The molecule has 1 aromatic rings. The molecule has 1 aromatic heterocycles. The largest absolute Gasteiger partial charge is 0.476 e. The van der Waals surface area contributed by atoms with Crippen LogP contribution in [0.1, 0.15) is 22.6 Å². The number of hydrogen-bond donors (Lipinski definition) is 4. The second-order valence-electron chi connectivity index (χ2n) is 3.95. The fourth-order valence-corrected chi connectivity index (χ4v) is 3.39. The Labute approximate surface area is 115 Å². The van der Waals surface area contributed by atoms with Crippen LogP contribution < -0.4 is 9.86 Å². The molecule has 5 N–H and O–H groups in total. The number of primary sulfonamides is 1. The van der Waals surface area contributed by atoms with Crippen LogP contribution in [-0.4, -0.2) is 50.4 Å². The van der Waals surface area contributed by atoms with Gasteiger partial charge >= 0.3 is 5.97 Å². The minimum Gasteiger partial charge on any atom is -0.476 e. The average molecular weight is 326 g/mol. The van der Waals surface area contributed by atoms with Crippen LogP contribution in [0.25, 0.3) is 0 Å². The monoisotopic (exact) mass is 326 g/mol. The molecule has 0 saturated carbocycles. The SMILES string of the molecule is Cc1[nH]nc(C(=O)O)c1S(=O)(=O)NCCCS(N)(=O)=O. The molecule has 1 rings (SSSR count). The van der Waals surface area contributed by atoms with Crippen molar-refractivity contribution in [1.82, 2.24) is 14.9 Å². The summed E-state index contributed by atoms with van der Waals surface area (Å²) in [7, 11) is -7.77.